The standard InChI is InChI=1S/C8H11N3O3S/c9-6-1-3-11(8(13)10-6)7-2-4-15(5-12)14-7/h1,3,7,12H,2,4-5H2,(H-,9,10,13)/p+1. The Morgan fingerprint density at radius 3 is 3.20 bits per heavy atom. The maximum absolute atomic E-state index is 11.5. The first-order valence-electron chi connectivity index (χ1n) is 4.51. The van der Waals surface area contributed by atoms with Crippen LogP contribution in [0, 0.1) is 0 Å². The molecule has 1 aliphatic rings. The Bertz CT molecular complexity index is 408. The van der Waals surface area contributed by atoms with Crippen LogP contribution in [0.4, 0.5) is 5.82 Å². The molecule has 0 bridgehead atoms. The van der Waals surface area contributed by atoms with Gasteiger partial charge in [0, 0.05) is 12.6 Å². The molecule has 6 nitrogen and oxygen atoms in total. The van der Waals surface area contributed by atoms with E-state index < -0.39 is 16.9 Å². The van der Waals surface area contributed by atoms with Crippen LogP contribution in [0.2, 0.25) is 0 Å². The first-order chi connectivity index (χ1) is 7.20. The lowest BCUT2D eigenvalue weighted by atomic mass is 10.4. The third kappa shape index (κ3) is 2.14. The van der Waals surface area contributed by atoms with Crippen molar-refractivity contribution in [2.75, 3.05) is 17.4 Å². The van der Waals surface area contributed by atoms with Crippen LogP contribution in [-0.4, -0.2) is 26.3 Å². The van der Waals surface area contributed by atoms with Gasteiger partial charge < -0.3 is 10.8 Å². The van der Waals surface area contributed by atoms with Gasteiger partial charge in [0.15, 0.2) is 17.4 Å². The lowest BCUT2D eigenvalue weighted by Crippen LogP contribution is -2.27. The van der Waals surface area contributed by atoms with E-state index in [9.17, 15) is 4.79 Å². The summed E-state index contributed by atoms with van der Waals surface area (Å²) in [6.45, 7) is 0. The first-order valence-corrected chi connectivity index (χ1v) is 5.99. The molecule has 82 valence electrons. The highest BCUT2D eigenvalue weighted by Crippen LogP contribution is 2.25. The Labute approximate surface area is 89.2 Å². The Morgan fingerprint density at radius 1 is 1.80 bits per heavy atom. The van der Waals surface area contributed by atoms with Crippen LogP contribution >= 0.6 is 0 Å². The number of aromatic nitrogens is 2. The largest absolute Gasteiger partial charge is 0.383 e. The molecule has 7 heteroatoms. The number of aliphatic hydroxyl groups excluding tert-OH is 1. The summed E-state index contributed by atoms with van der Waals surface area (Å²) in [5.74, 6) is 0.987. The van der Waals surface area contributed by atoms with Crippen LogP contribution < -0.4 is 11.4 Å². The lowest BCUT2D eigenvalue weighted by molar-refractivity contribution is 0.165. The zero-order valence-electron chi connectivity index (χ0n) is 8.00. The summed E-state index contributed by atoms with van der Waals surface area (Å²) in [5.41, 5.74) is 4.96. The van der Waals surface area contributed by atoms with Gasteiger partial charge in [0.25, 0.3) is 0 Å². The van der Waals surface area contributed by atoms with Crippen molar-refractivity contribution in [2.45, 2.75) is 12.6 Å². The number of nitrogen functional groups attached to an aromatic ring is 1. The Kier molecular flexibility index (Phi) is 2.94. The van der Waals surface area contributed by atoms with E-state index in [1.807, 2.05) is 0 Å². The predicted octanol–water partition coefficient (Wildman–Crippen LogP) is -0.772. The van der Waals surface area contributed by atoms with Gasteiger partial charge in [0.05, 0.1) is 0 Å². The average Bonchev–Trinajstić information content (AvgIpc) is 2.66. The van der Waals surface area contributed by atoms with Crippen molar-refractivity contribution in [1.82, 2.24) is 9.55 Å². The molecule has 1 aromatic rings. The summed E-state index contributed by atoms with van der Waals surface area (Å²) in [6, 6.07) is 1.56. The van der Waals surface area contributed by atoms with E-state index in [4.69, 9.17) is 15.0 Å². The lowest BCUT2D eigenvalue weighted by Gasteiger charge is -2.08. The normalized spacial score (nSPS) is 25.7. The molecule has 2 unspecified atom stereocenters. The van der Waals surface area contributed by atoms with Crippen molar-refractivity contribution in [3.8, 4) is 0 Å². The summed E-state index contributed by atoms with van der Waals surface area (Å²) >= 11 is -0.442. The van der Waals surface area contributed by atoms with E-state index in [0.29, 0.717) is 0 Å². The molecular formula is C8H12N3O3S+. The van der Waals surface area contributed by atoms with E-state index in [0.717, 1.165) is 12.2 Å². The highest BCUT2D eigenvalue weighted by atomic mass is 32.2. The third-order valence-electron chi connectivity index (χ3n) is 2.15. The zero-order valence-corrected chi connectivity index (χ0v) is 8.81. The minimum Gasteiger partial charge on any atom is -0.383 e. The fourth-order valence-electron chi connectivity index (χ4n) is 1.41. The number of hydrogen-bond acceptors (Lipinski definition) is 5. The van der Waals surface area contributed by atoms with Crippen LogP contribution in [-0.2, 0) is 15.4 Å². The number of hydrogen-bond donors (Lipinski definition) is 2. The molecule has 0 spiro atoms. The van der Waals surface area contributed by atoms with Crippen LogP contribution in [0.25, 0.3) is 0 Å². The summed E-state index contributed by atoms with van der Waals surface area (Å²) in [7, 11) is 0. The van der Waals surface area contributed by atoms with Crippen molar-refractivity contribution in [2.24, 2.45) is 0 Å². The molecule has 2 rings (SSSR count). The van der Waals surface area contributed by atoms with Crippen molar-refractivity contribution >= 4 is 17.0 Å². The molecule has 1 aliphatic heterocycles. The van der Waals surface area contributed by atoms with Crippen LogP contribution in [0.3, 0.4) is 0 Å². The van der Waals surface area contributed by atoms with Crippen molar-refractivity contribution in [3.05, 3.63) is 22.7 Å². The second-order valence-corrected chi connectivity index (χ2v) is 4.89. The molecule has 1 fully saturated rings. The molecule has 3 N–H and O–H groups in total. The van der Waals surface area contributed by atoms with E-state index in [1.165, 1.54) is 4.57 Å². The molecule has 0 amide bonds. The second kappa shape index (κ2) is 4.21. The van der Waals surface area contributed by atoms with E-state index >= 15 is 0 Å². The predicted molar refractivity (Wildman–Crippen MR) is 57.0 cm³/mol. The van der Waals surface area contributed by atoms with Crippen LogP contribution in [0.1, 0.15) is 12.6 Å². The zero-order chi connectivity index (χ0) is 10.8. The Balaban J connectivity index is 2.20. The summed E-state index contributed by atoms with van der Waals surface area (Å²) in [5, 5.41) is 8.91. The monoisotopic (exact) mass is 230 g/mol. The fourth-order valence-corrected chi connectivity index (χ4v) is 2.66. The van der Waals surface area contributed by atoms with Gasteiger partial charge in [-0.3, -0.25) is 4.57 Å². The molecule has 1 aromatic heterocycles. The maximum Gasteiger partial charge on any atom is 0.351 e. The van der Waals surface area contributed by atoms with Crippen molar-refractivity contribution in [1.29, 1.82) is 0 Å². The van der Waals surface area contributed by atoms with Gasteiger partial charge in [-0.1, -0.05) is 0 Å². The number of rotatable bonds is 2. The maximum atomic E-state index is 11.5. The topological polar surface area (TPSA) is 90.4 Å². The number of nitrogens with two attached hydrogens (primary N) is 1. The number of anilines is 1. The number of nitrogens with zero attached hydrogens (tertiary/aromatic N) is 2. The molecule has 2 atom stereocenters. The molecular weight excluding hydrogens is 218 g/mol. The highest BCUT2D eigenvalue weighted by molar-refractivity contribution is 7.92. The minimum absolute atomic E-state index is 0.00759. The van der Waals surface area contributed by atoms with Gasteiger partial charge in [-0.05, 0) is 6.07 Å². The van der Waals surface area contributed by atoms with Crippen molar-refractivity contribution < 1.29 is 9.29 Å². The van der Waals surface area contributed by atoms with Crippen LogP contribution in [0.5, 0.6) is 0 Å². The smallest absolute Gasteiger partial charge is 0.351 e. The summed E-state index contributed by atoms with van der Waals surface area (Å²) in [4.78, 5) is 15.1. The molecule has 0 radical (unpaired) electrons. The highest BCUT2D eigenvalue weighted by Gasteiger charge is 2.36. The second-order valence-electron chi connectivity index (χ2n) is 3.15. The van der Waals surface area contributed by atoms with Gasteiger partial charge >= 0.3 is 5.69 Å². The van der Waals surface area contributed by atoms with Gasteiger partial charge in [-0.25, -0.2) is 4.79 Å². The average molecular weight is 230 g/mol. The number of aliphatic hydroxyl groups is 1. The minimum atomic E-state index is -0.442. The van der Waals surface area contributed by atoms with E-state index in [-0.39, 0.29) is 18.0 Å². The van der Waals surface area contributed by atoms with Gasteiger partial charge in [-0.15, -0.1) is 4.18 Å². The van der Waals surface area contributed by atoms with Gasteiger partial charge in [0.1, 0.15) is 11.6 Å². The Morgan fingerprint density at radius 2 is 2.60 bits per heavy atom. The summed E-state index contributed by atoms with van der Waals surface area (Å²) < 4.78 is 6.88. The molecule has 0 aliphatic carbocycles. The van der Waals surface area contributed by atoms with Gasteiger partial charge in [0.2, 0.25) is 5.94 Å². The summed E-state index contributed by atoms with van der Waals surface area (Å²) in [6.07, 6.45) is 1.97. The molecule has 0 aromatic carbocycles. The molecule has 1 saturated heterocycles. The third-order valence-corrected chi connectivity index (χ3v) is 3.62. The molecule has 15 heavy (non-hydrogen) atoms. The van der Waals surface area contributed by atoms with Crippen molar-refractivity contribution in [3.63, 3.8) is 0 Å². The quantitative estimate of drug-likeness (QED) is 0.651. The fraction of sp³-hybridized carbons (Fsp3) is 0.500. The first kappa shape index (κ1) is 10.5. The Hall–Kier alpha value is -1.05. The molecule has 2 heterocycles. The van der Waals surface area contributed by atoms with E-state index in [1.54, 1.807) is 12.3 Å². The van der Waals surface area contributed by atoms with E-state index in [2.05, 4.69) is 4.98 Å². The molecule has 0 saturated carbocycles. The van der Waals surface area contributed by atoms with Crippen LogP contribution in [0.15, 0.2) is 17.1 Å². The SMILES string of the molecule is Nc1ccn(C2CC[S+](CO)O2)c(=O)n1. The van der Waals surface area contributed by atoms with Gasteiger partial charge in [-0.2, -0.15) is 4.98 Å².